The number of benzene rings is 1. The van der Waals surface area contributed by atoms with Gasteiger partial charge in [-0.1, -0.05) is 23.2 Å². The van der Waals surface area contributed by atoms with Crippen LogP contribution in [0.3, 0.4) is 0 Å². The Bertz CT molecular complexity index is 529. The Hall–Kier alpha value is -1.11. The molecule has 0 radical (unpaired) electrons. The molecule has 102 valence electrons. The van der Waals surface area contributed by atoms with Crippen molar-refractivity contribution in [2.75, 3.05) is 5.32 Å². The topological polar surface area (TPSA) is 34.1 Å². The molecule has 0 unspecified atom stereocenters. The van der Waals surface area contributed by atoms with Gasteiger partial charge in [0.25, 0.3) is 0 Å². The van der Waals surface area contributed by atoms with Crippen LogP contribution in [0.1, 0.15) is 4.88 Å². The molecule has 0 saturated carbocycles. The Morgan fingerprint density at radius 3 is 2.53 bits per heavy atom. The normalized spacial score (nSPS) is 10.8. The highest BCUT2D eigenvalue weighted by Gasteiger charge is 2.14. The highest BCUT2D eigenvalue weighted by Crippen LogP contribution is 2.37. The molecule has 0 fully saturated rings. The summed E-state index contributed by atoms with van der Waals surface area (Å²) in [5.74, 6) is -0.221. The molecule has 0 saturated heterocycles. The summed E-state index contributed by atoms with van der Waals surface area (Å²) in [4.78, 5) is 4.97. The molecule has 0 atom stereocenters. The molecule has 8 heteroatoms. The summed E-state index contributed by atoms with van der Waals surface area (Å²) >= 11 is 13.2. The van der Waals surface area contributed by atoms with Crippen LogP contribution in [0, 0.1) is 0 Å². The van der Waals surface area contributed by atoms with Gasteiger partial charge in [-0.2, -0.15) is 8.78 Å². The predicted octanol–water partition coefficient (Wildman–Crippen LogP) is 4.66. The highest BCUT2D eigenvalue weighted by atomic mass is 35.5. The van der Waals surface area contributed by atoms with Gasteiger partial charge in [-0.3, -0.25) is 4.98 Å². The zero-order valence-corrected chi connectivity index (χ0v) is 11.7. The molecule has 0 aliphatic heterocycles. The average Bonchev–Trinajstić information content (AvgIpc) is 2.84. The van der Waals surface area contributed by atoms with Crippen LogP contribution >= 0.6 is 34.5 Å². The Morgan fingerprint density at radius 2 is 2.00 bits per heavy atom. The second-order valence-corrected chi connectivity index (χ2v) is 5.25. The number of thiazole rings is 1. The molecular formula is C11H8Cl2F2N2OS. The molecule has 19 heavy (non-hydrogen) atoms. The number of hydrogen-bond donors (Lipinski definition) is 1. The van der Waals surface area contributed by atoms with Crippen molar-refractivity contribution in [1.82, 2.24) is 4.98 Å². The molecule has 1 aromatic heterocycles. The third-order valence-corrected chi connectivity index (χ3v) is 3.50. The Kier molecular flexibility index (Phi) is 4.79. The number of nitrogens with zero attached hydrogens (tertiary/aromatic N) is 1. The van der Waals surface area contributed by atoms with Crippen LogP contribution in [0.15, 0.2) is 23.8 Å². The first-order valence-corrected chi connectivity index (χ1v) is 6.75. The van der Waals surface area contributed by atoms with E-state index in [9.17, 15) is 8.78 Å². The third-order valence-electron chi connectivity index (χ3n) is 2.16. The number of aromatic nitrogens is 1. The van der Waals surface area contributed by atoms with Crippen molar-refractivity contribution in [2.24, 2.45) is 0 Å². The summed E-state index contributed by atoms with van der Waals surface area (Å²) in [6.07, 6.45) is 1.73. The average molecular weight is 325 g/mol. The van der Waals surface area contributed by atoms with Crippen LogP contribution in [0.25, 0.3) is 0 Å². The maximum atomic E-state index is 12.2. The number of rotatable bonds is 5. The molecule has 2 aromatic rings. The van der Waals surface area contributed by atoms with Crippen molar-refractivity contribution in [3.05, 3.63) is 38.8 Å². The molecule has 3 nitrogen and oxygen atoms in total. The van der Waals surface area contributed by atoms with Gasteiger partial charge in [-0.05, 0) is 12.1 Å². The molecule has 1 N–H and O–H groups in total. The van der Waals surface area contributed by atoms with Crippen molar-refractivity contribution in [1.29, 1.82) is 0 Å². The van der Waals surface area contributed by atoms with E-state index in [4.69, 9.17) is 23.2 Å². The predicted molar refractivity (Wildman–Crippen MR) is 72.5 cm³/mol. The van der Waals surface area contributed by atoms with Crippen LogP contribution in [0.2, 0.25) is 10.0 Å². The number of alkyl halides is 2. The maximum absolute atomic E-state index is 12.2. The molecule has 0 bridgehead atoms. The van der Waals surface area contributed by atoms with E-state index in [1.54, 1.807) is 11.7 Å². The Balaban J connectivity index is 2.10. The minimum absolute atomic E-state index is 0.0274. The van der Waals surface area contributed by atoms with E-state index in [0.29, 0.717) is 12.2 Å². The number of hydrogen-bond acceptors (Lipinski definition) is 4. The van der Waals surface area contributed by atoms with Crippen molar-refractivity contribution in [3.8, 4) is 5.75 Å². The lowest BCUT2D eigenvalue weighted by Gasteiger charge is -2.11. The van der Waals surface area contributed by atoms with Crippen molar-refractivity contribution in [3.63, 3.8) is 0 Å². The molecule has 2 rings (SSSR count). The minimum atomic E-state index is -2.97. The standard InChI is InChI=1S/C11H8Cl2F2N2OS/c12-8-1-6(17-4-7-3-16-5-19-7)2-9(13)10(8)18-11(14)15/h1-3,5,11,17H,4H2. The van der Waals surface area contributed by atoms with Gasteiger partial charge in [0.2, 0.25) is 0 Å². The quantitative estimate of drug-likeness (QED) is 0.868. The SMILES string of the molecule is FC(F)Oc1c(Cl)cc(NCc2cncs2)cc1Cl. The van der Waals surface area contributed by atoms with E-state index in [-0.39, 0.29) is 15.8 Å². The number of nitrogens with one attached hydrogen (secondary N) is 1. The van der Waals surface area contributed by atoms with Gasteiger partial charge in [0.1, 0.15) is 0 Å². The summed E-state index contributed by atoms with van der Waals surface area (Å²) in [5, 5.41) is 3.12. The first kappa shape index (κ1) is 14.3. The third kappa shape index (κ3) is 3.92. The van der Waals surface area contributed by atoms with Gasteiger partial charge in [-0.15, -0.1) is 11.3 Å². The summed E-state index contributed by atoms with van der Waals surface area (Å²) in [5.41, 5.74) is 2.33. The lowest BCUT2D eigenvalue weighted by atomic mass is 10.3. The largest absolute Gasteiger partial charge is 0.432 e. The molecule has 0 aliphatic carbocycles. The summed E-state index contributed by atoms with van der Waals surface area (Å²) in [6.45, 7) is -2.42. The van der Waals surface area contributed by atoms with Gasteiger partial charge in [0.15, 0.2) is 5.75 Å². The summed E-state index contributed by atoms with van der Waals surface area (Å²) in [6, 6.07) is 2.96. The molecular weight excluding hydrogens is 317 g/mol. The number of ether oxygens (including phenoxy) is 1. The molecule has 1 heterocycles. The van der Waals surface area contributed by atoms with Crippen LogP contribution in [-0.4, -0.2) is 11.6 Å². The van der Waals surface area contributed by atoms with E-state index in [1.165, 1.54) is 23.5 Å². The maximum Gasteiger partial charge on any atom is 0.387 e. The van der Waals surface area contributed by atoms with Crippen LogP contribution < -0.4 is 10.1 Å². The molecule has 1 aromatic carbocycles. The first-order chi connectivity index (χ1) is 9.06. The van der Waals surface area contributed by atoms with E-state index in [0.717, 1.165) is 4.88 Å². The zero-order chi connectivity index (χ0) is 13.8. The second-order valence-electron chi connectivity index (χ2n) is 3.47. The van der Waals surface area contributed by atoms with E-state index in [1.807, 2.05) is 0 Å². The van der Waals surface area contributed by atoms with Crippen molar-refractivity contribution in [2.45, 2.75) is 13.2 Å². The van der Waals surface area contributed by atoms with Gasteiger partial charge in [0, 0.05) is 16.8 Å². The Labute approximate surface area is 122 Å². The van der Waals surface area contributed by atoms with E-state index < -0.39 is 6.61 Å². The molecule has 0 aliphatic rings. The van der Waals surface area contributed by atoms with Crippen LogP contribution in [0.5, 0.6) is 5.75 Å². The molecule has 0 amide bonds. The van der Waals surface area contributed by atoms with Gasteiger partial charge in [-0.25, -0.2) is 0 Å². The monoisotopic (exact) mass is 324 g/mol. The second kappa shape index (κ2) is 6.36. The van der Waals surface area contributed by atoms with Crippen LogP contribution in [0.4, 0.5) is 14.5 Å². The lowest BCUT2D eigenvalue weighted by molar-refractivity contribution is -0.0497. The highest BCUT2D eigenvalue weighted by molar-refractivity contribution is 7.09. The fraction of sp³-hybridized carbons (Fsp3) is 0.182. The summed E-state index contributed by atoms with van der Waals surface area (Å²) < 4.78 is 28.6. The van der Waals surface area contributed by atoms with Gasteiger partial charge >= 0.3 is 6.61 Å². The fourth-order valence-corrected chi connectivity index (χ4v) is 2.49. The van der Waals surface area contributed by atoms with Gasteiger partial charge < -0.3 is 10.1 Å². The fourth-order valence-electron chi connectivity index (χ4n) is 1.38. The Morgan fingerprint density at radius 1 is 1.32 bits per heavy atom. The van der Waals surface area contributed by atoms with Crippen LogP contribution in [-0.2, 0) is 6.54 Å². The molecule has 0 spiro atoms. The first-order valence-electron chi connectivity index (χ1n) is 5.11. The minimum Gasteiger partial charge on any atom is -0.432 e. The van der Waals surface area contributed by atoms with Gasteiger partial charge in [0.05, 0.1) is 22.1 Å². The number of anilines is 1. The lowest BCUT2D eigenvalue weighted by Crippen LogP contribution is -2.04. The smallest absolute Gasteiger partial charge is 0.387 e. The summed E-state index contributed by atoms with van der Waals surface area (Å²) in [7, 11) is 0. The van der Waals surface area contributed by atoms with Crippen molar-refractivity contribution < 1.29 is 13.5 Å². The zero-order valence-electron chi connectivity index (χ0n) is 9.37. The van der Waals surface area contributed by atoms with E-state index >= 15 is 0 Å². The van der Waals surface area contributed by atoms with E-state index in [2.05, 4.69) is 15.0 Å². The van der Waals surface area contributed by atoms with Crippen molar-refractivity contribution >= 4 is 40.2 Å². The number of halogens is 4.